The fourth-order valence-corrected chi connectivity index (χ4v) is 5.84. The van der Waals surface area contributed by atoms with Crippen molar-refractivity contribution in [2.24, 2.45) is 11.8 Å². The molecule has 0 spiro atoms. The predicted octanol–water partition coefficient (Wildman–Crippen LogP) is 2.88. The zero-order chi connectivity index (χ0) is 22.0. The number of imidazole rings is 1. The van der Waals surface area contributed by atoms with E-state index in [0.717, 1.165) is 11.1 Å². The number of pyridine rings is 1. The minimum absolute atomic E-state index is 0.0960. The van der Waals surface area contributed by atoms with E-state index in [0.29, 0.717) is 18.0 Å². The number of fused-ring (bicyclic) bond motifs is 2. The predicted molar refractivity (Wildman–Crippen MR) is 116 cm³/mol. The number of aromatic nitrogens is 3. The summed E-state index contributed by atoms with van der Waals surface area (Å²) in [6.07, 6.45) is 5.19. The lowest BCUT2D eigenvalue weighted by atomic mass is 9.66. The standard InChI is InChI=1S/C22H23ClF2N6O/c23-19-17(13-7-27-30-21(13)18(20(19)25)10-3-4-26-6-10)11-1-2-16-28-15(9-31(16)8-11)29-22(32)12-5-14(12)24/h1-4,6,8-9,12-14,17-21,26-27,30H,5,7H2,(H,29,32)/t12-,13?,14+,17?,18?,19?,20?,21?/m1/s1. The molecule has 3 aromatic rings. The minimum atomic E-state index is -1.23. The fraction of sp³-hybridized carbons (Fsp3) is 0.455. The maximum atomic E-state index is 15.6. The number of carbonyl (C=O) groups excluding carboxylic acids is 1. The van der Waals surface area contributed by atoms with Gasteiger partial charge in [0.25, 0.3) is 0 Å². The number of halogens is 3. The van der Waals surface area contributed by atoms with Crippen molar-refractivity contribution < 1.29 is 13.6 Å². The molecule has 1 saturated heterocycles. The number of nitrogens with one attached hydrogen (secondary N) is 4. The Morgan fingerprint density at radius 2 is 2.03 bits per heavy atom. The summed E-state index contributed by atoms with van der Waals surface area (Å²) < 4.78 is 30.6. The number of H-pyrrole nitrogens is 1. The number of hydrogen-bond acceptors (Lipinski definition) is 4. The van der Waals surface area contributed by atoms with E-state index >= 15 is 4.39 Å². The molecule has 3 aliphatic rings. The van der Waals surface area contributed by atoms with E-state index in [1.807, 2.05) is 30.6 Å². The molecule has 0 radical (unpaired) electrons. The first kappa shape index (κ1) is 20.1. The lowest BCUT2D eigenvalue weighted by Crippen LogP contribution is -2.51. The molecule has 0 bridgehead atoms. The summed E-state index contributed by atoms with van der Waals surface area (Å²) in [5.74, 6) is -1.02. The van der Waals surface area contributed by atoms with Crippen LogP contribution in [0.1, 0.15) is 29.4 Å². The van der Waals surface area contributed by atoms with Gasteiger partial charge in [0, 0.05) is 43.0 Å². The van der Waals surface area contributed by atoms with Gasteiger partial charge < -0.3 is 14.7 Å². The molecule has 1 amide bonds. The first-order valence-corrected chi connectivity index (χ1v) is 11.3. The number of hydrogen-bond donors (Lipinski definition) is 4. The molecule has 3 aromatic heterocycles. The Balaban J connectivity index is 1.30. The molecule has 1 aliphatic heterocycles. The number of aromatic amines is 1. The number of rotatable bonds is 4. The molecule has 2 aliphatic carbocycles. The lowest BCUT2D eigenvalue weighted by Gasteiger charge is -2.44. The molecule has 10 heteroatoms. The van der Waals surface area contributed by atoms with Gasteiger partial charge in [0.15, 0.2) is 5.82 Å². The second-order valence-corrected chi connectivity index (χ2v) is 9.51. The maximum Gasteiger partial charge on any atom is 0.231 e. The van der Waals surface area contributed by atoms with Gasteiger partial charge in [-0.25, -0.2) is 13.8 Å². The van der Waals surface area contributed by atoms with Crippen LogP contribution in [0.2, 0.25) is 0 Å². The van der Waals surface area contributed by atoms with Gasteiger partial charge in [0.1, 0.15) is 18.0 Å². The van der Waals surface area contributed by atoms with Crippen LogP contribution in [0, 0.1) is 11.8 Å². The number of alkyl halides is 3. The van der Waals surface area contributed by atoms with E-state index in [4.69, 9.17) is 11.6 Å². The highest BCUT2D eigenvalue weighted by atomic mass is 35.5. The van der Waals surface area contributed by atoms with Crippen molar-refractivity contribution in [3.8, 4) is 0 Å². The summed E-state index contributed by atoms with van der Waals surface area (Å²) in [6.45, 7) is 0.682. The van der Waals surface area contributed by atoms with E-state index in [9.17, 15) is 9.18 Å². The second kappa shape index (κ2) is 7.54. The number of amides is 1. The Bertz CT molecular complexity index is 1150. The third kappa shape index (κ3) is 3.22. The van der Waals surface area contributed by atoms with Crippen LogP contribution in [0.25, 0.3) is 5.65 Å². The topological polar surface area (TPSA) is 86.2 Å². The number of nitrogens with zero attached hydrogens (tertiary/aromatic N) is 2. The highest BCUT2D eigenvalue weighted by Gasteiger charge is 2.53. The number of hydrazine groups is 1. The Labute approximate surface area is 187 Å². The fourth-order valence-electron chi connectivity index (χ4n) is 5.35. The highest BCUT2D eigenvalue weighted by molar-refractivity contribution is 6.21. The molecule has 0 aromatic carbocycles. The first-order valence-electron chi connectivity index (χ1n) is 10.8. The molecule has 8 atom stereocenters. The van der Waals surface area contributed by atoms with Crippen LogP contribution < -0.4 is 16.2 Å². The molecule has 3 fully saturated rings. The van der Waals surface area contributed by atoms with Gasteiger partial charge in [-0.05, 0) is 35.6 Å². The third-order valence-electron chi connectivity index (χ3n) is 7.07. The van der Waals surface area contributed by atoms with E-state index in [1.165, 1.54) is 0 Å². The van der Waals surface area contributed by atoms with Crippen LogP contribution in [0.3, 0.4) is 0 Å². The largest absolute Gasteiger partial charge is 0.367 e. The summed E-state index contributed by atoms with van der Waals surface area (Å²) in [6, 6.07) is 5.56. The summed E-state index contributed by atoms with van der Waals surface area (Å²) in [5.41, 5.74) is 8.93. The van der Waals surface area contributed by atoms with Gasteiger partial charge in [-0.3, -0.25) is 15.6 Å². The zero-order valence-corrected chi connectivity index (χ0v) is 17.8. The van der Waals surface area contributed by atoms with E-state index in [2.05, 4.69) is 26.1 Å². The minimum Gasteiger partial charge on any atom is -0.367 e. The summed E-state index contributed by atoms with van der Waals surface area (Å²) in [4.78, 5) is 19.4. The highest BCUT2D eigenvalue weighted by Crippen LogP contribution is 2.49. The average molecular weight is 461 g/mol. The van der Waals surface area contributed by atoms with Crippen molar-refractivity contribution >= 4 is 29.0 Å². The Kier molecular flexibility index (Phi) is 4.74. The molecular formula is C22H23ClF2N6O. The molecule has 32 heavy (non-hydrogen) atoms. The Hall–Kier alpha value is -2.49. The molecule has 4 heterocycles. The van der Waals surface area contributed by atoms with Crippen molar-refractivity contribution in [3.05, 3.63) is 54.1 Å². The number of anilines is 1. The molecule has 168 valence electrons. The molecule has 2 saturated carbocycles. The average Bonchev–Trinajstić information content (AvgIpc) is 3.21. The van der Waals surface area contributed by atoms with Crippen molar-refractivity contribution in [2.45, 2.75) is 42.0 Å². The Morgan fingerprint density at radius 3 is 2.78 bits per heavy atom. The van der Waals surface area contributed by atoms with E-state index < -0.39 is 23.6 Å². The van der Waals surface area contributed by atoms with E-state index in [-0.39, 0.29) is 36.1 Å². The Morgan fingerprint density at radius 1 is 1.19 bits per heavy atom. The van der Waals surface area contributed by atoms with Gasteiger partial charge in [0.2, 0.25) is 5.91 Å². The van der Waals surface area contributed by atoms with Gasteiger partial charge in [-0.1, -0.05) is 6.07 Å². The molecule has 4 N–H and O–H groups in total. The van der Waals surface area contributed by atoms with E-state index in [1.54, 1.807) is 16.8 Å². The molecule has 6 rings (SSSR count). The summed E-state index contributed by atoms with van der Waals surface area (Å²) >= 11 is 6.77. The summed E-state index contributed by atoms with van der Waals surface area (Å²) in [7, 11) is 0. The van der Waals surface area contributed by atoms with Crippen LogP contribution in [0.15, 0.2) is 43.0 Å². The molecule has 7 nitrogen and oxygen atoms in total. The number of carbonyl (C=O) groups is 1. The van der Waals surface area contributed by atoms with Crippen LogP contribution >= 0.6 is 11.6 Å². The molecule has 6 unspecified atom stereocenters. The van der Waals surface area contributed by atoms with Crippen LogP contribution in [0.5, 0.6) is 0 Å². The van der Waals surface area contributed by atoms with Crippen molar-refractivity contribution in [3.63, 3.8) is 0 Å². The molecular weight excluding hydrogens is 438 g/mol. The normalized spacial score (nSPS) is 36.2. The second-order valence-electron chi connectivity index (χ2n) is 9.00. The summed E-state index contributed by atoms with van der Waals surface area (Å²) in [5, 5.41) is 1.98. The zero-order valence-electron chi connectivity index (χ0n) is 17.0. The van der Waals surface area contributed by atoms with Crippen molar-refractivity contribution in [1.82, 2.24) is 25.2 Å². The smallest absolute Gasteiger partial charge is 0.231 e. The SMILES string of the molecule is O=C(Nc1cn2cc(C3C(Cl)C(F)C(c4cc[nH]c4)C4NNCC43)ccc2n1)[C@@H]1C[C@@H]1F. The monoisotopic (exact) mass is 460 g/mol. The van der Waals surface area contributed by atoms with Crippen LogP contribution in [0.4, 0.5) is 14.6 Å². The van der Waals surface area contributed by atoms with Crippen LogP contribution in [-0.4, -0.2) is 50.6 Å². The first-order chi connectivity index (χ1) is 15.5. The van der Waals surface area contributed by atoms with Gasteiger partial charge in [-0.15, -0.1) is 11.6 Å². The van der Waals surface area contributed by atoms with Gasteiger partial charge in [0.05, 0.1) is 17.5 Å². The maximum absolute atomic E-state index is 15.6. The van der Waals surface area contributed by atoms with Gasteiger partial charge >= 0.3 is 0 Å². The third-order valence-corrected chi connectivity index (χ3v) is 7.58. The van der Waals surface area contributed by atoms with Gasteiger partial charge in [-0.2, -0.15) is 0 Å². The quantitative estimate of drug-likeness (QED) is 0.451. The lowest BCUT2D eigenvalue weighted by molar-refractivity contribution is -0.117. The van der Waals surface area contributed by atoms with Crippen molar-refractivity contribution in [1.29, 1.82) is 0 Å². The van der Waals surface area contributed by atoms with Crippen LogP contribution in [-0.2, 0) is 4.79 Å². The van der Waals surface area contributed by atoms with Crippen molar-refractivity contribution in [2.75, 3.05) is 11.9 Å².